The molecule has 3 aliphatic heterocycles. The number of hydrogen-bond acceptors (Lipinski definition) is 13. The number of carboxylic acid groups (broad SMARTS) is 1. The summed E-state index contributed by atoms with van der Waals surface area (Å²) < 4.78 is 4.64. The first-order valence-electron chi connectivity index (χ1n) is 27.3. The highest BCUT2D eigenvalue weighted by atomic mass is 16.5. The minimum atomic E-state index is -1.51. The standard InChI is InChI=1S/C57H74N10O13/c1-55(2,3)45(64-47(71)40(20-12-13-21-43(69)80-6)61-46(70)38-31-59-25-22-37(38)52(76)77)51(75)65-32-35(68)29-42(65)48(72)63-44(33-16-8-7-9-17-33)50(74)67-27-15-24-57(67,5)54(79)62-41(28-34-30-60-39-19-11-10-18-36(34)39)49(73)66-26-14-23-56(66,4)53(58)78/h10-11,13,18-19,21-22,25,30-31,33,40-42,44-45,60H,7-9,12,14-17,20,23-24,26-29,32H2,1-6H3,(H2,58,78)(H,61,70)(H,62,79)(H,63,72)(H,64,71)(H,76,77)/b21-13+/t40-,41-,42-,44-,45+,56-,57-/m0/s1. The summed E-state index contributed by atoms with van der Waals surface area (Å²) in [6.45, 7) is 8.07. The van der Waals surface area contributed by atoms with Gasteiger partial charge in [0, 0.05) is 61.5 Å². The zero-order valence-corrected chi connectivity index (χ0v) is 46.3. The molecular weight excluding hydrogens is 1030 g/mol. The molecule has 8 amide bonds. The number of aromatic carboxylic acids is 1. The van der Waals surface area contributed by atoms with Gasteiger partial charge in [-0.2, -0.15) is 0 Å². The van der Waals surface area contributed by atoms with Crippen molar-refractivity contribution in [1.29, 1.82) is 0 Å². The predicted octanol–water partition coefficient (Wildman–Crippen LogP) is 2.61. The van der Waals surface area contributed by atoms with Crippen LogP contribution in [0.5, 0.6) is 0 Å². The first-order valence-corrected chi connectivity index (χ1v) is 27.3. The van der Waals surface area contributed by atoms with Crippen LogP contribution in [0.25, 0.3) is 10.9 Å². The quantitative estimate of drug-likeness (QED) is 0.0632. The number of allylic oxidation sites excluding steroid dienone is 1. The molecule has 7 atom stereocenters. The lowest BCUT2D eigenvalue weighted by Gasteiger charge is -2.41. The highest BCUT2D eigenvalue weighted by Crippen LogP contribution is 2.36. The Balaban J connectivity index is 1.12. The Bertz CT molecular complexity index is 2940. The summed E-state index contributed by atoms with van der Waals surface area (Å²) in [6, 6.07) is 2.01. The second-order valence-electron chi connectivity index (χ2n) is 22.9. The van der Waals surface area contributed by atoms with Crippen LogP contribution in [0.2, 0.25) is 0 Å². The number of likely N-dealkylation sites (tertiary alicyclic amines) is 3. The first-order chi connectivity index (χ1) is 37.9. The highest BCUT2D eigenvalue weighted by molar-refractivity contribution is 6.07. The molecule has 3 saturated heterocycles. The molecule has 2 aromatic heterocycles. The van der Waals surface area contributed by atoms with Crippen molar-refractivity contribution >= 4 is 75.9 Å². The molecule has 23 heteroatoms. The zero-order valence-electron chi connectivity index (χ0n) is 46.3. The number of amides is 8. The van der Waals surface area contributed by atoms with Gasteiger partial charge in [0.15, 0.2) is 5.78 Å². The van der Waals surface area contributed by atoms with Crippen molar-refractivity contribution in [2.24, 2.45) is 17.1 Å². The number of nitrogens with zero attached hydrogens (tertiary/aromatic N) is 4. The number of carbonyl (C=O) groups excluding carboxylic acids is 10. The number of methoxy groups -OCH3 is 1. The topological polar surface area (TPSA) is 330 Å². The van der Waals surface area contributed by atoms with E-state index in [4.69, 9.17) is 5.73 Å². The molecule has 1 aliphatic carbocycles. The number of H-pyrrole nitrogens is 1. The van der Waals surface area contributed by atoms with Crippen LogP contribution in [0.1, 0.15) is 138 Å². The van der Waals surface area contributed by atoms with E-state index in [0.29, 0.717) is 32.1 Å². The number of nitrogens with one attached hydrogen (secondary N) is 5. The van der Waals surface area contributed by atoms with Crippen LogP contribution in [0.3, 0.4) is 0 Å². The maximum Gasteiger partial charge on any atom is 0.336 e. The van der Waals surface area contributed by atoms with Gasteiger partial charge in [-0.15, -0.1) is 0 Å². The van der Waals surface area contributed by atoms with Crippen molar-refractivity contribution in [2.45, 2.75) is 159 Å². The number of aromatic nitrogens is 2. The molecule has 8 N–H and O–H groups in total. The van der Waals surface area contributed by atoms with Crippen molar-refractivity contribution < 1.29 is 62.6 Å². The number of benzene rings is 1. The number of aromatic amines is 1. The molecule has 0 spiro atoms. The third kappa shape index (κ3) is 13.0. The maximum atomic E-state index is 15.3. The van der Waals surface area contributed by atoms with Gasteiger partial charge in [-0.25, -0.2) is 9.59 Å². The number of nitrogens with two attached hydrogens (primary N) is 1. The number of carbonyl (C=O) groups is 11. The van der Waals surface area contributed by atoms with Crippen LogP contribution in [0.15, 0.2) is 61.1 Å². The number of fused-ring (bicyclic) bond motifs is 1. The van der Waals surface area contributed by atoms with Gasteiger partial charge in [0.1, 0.15) is 41.3 Å². The van der Waals surface area contributed by atoms with Crippen LogP contribution in [0.4, 0.5) is 0 Å². The van der Waals surface area contributed by atoms with E-state index in [2.05, 4.69) is 36.0 Å². The van der Waals surface area contributed by atoms with Gasteiger partial charge in [0.05, 0.1) is 24.8 Å². The minimum absolute atomic E-state index is 0.0358. The lowest BCUT2D eigenvalue weighted by Crippen LogP contribution is -2.65. The predicted molar refractivity (Wildman–Crippen MR) is 290 cm³/mol. The average Bonchev–Trinajstić information content (AvgIpc) is 4.36. The van der Waals surface area contributed by atoms with E-state index >= 15 is 4.79 Å². The molecule has 23 nitrogen and oxygen atoms in total. The maximum absolute atomic E-state index is 15.3. The van der Waals surface area contributed by atoms with Crippen molar-refractivity contribution in [3.63, 3.8) is 0 Å². The van der Waals surface area contributed by atoms with Crippen LogP contribution in [0, 0.1) is 11.3 Å². The molecule has 4 aliphatic rings. The Morgan fingerprint density at radius 3 is 2.19 bits per heavy atom. The summed E-state index contributed by atoms with van der Waals surface area (Å²) in [7, 11) is 1.18. The molecular formula is C57H74N10O13. The van der Waals surface area contributed by atoms with E-state index in [1.807, 2.05) is 24.3 Å². The Labute approximate surface area is 463 Å². The van der Waals surface area contributed by atoms with Gasteiger partial charge in [0.25, 0.3) is 5.91 Å². The van der Waals surface area contributed by atoms with Crippen molar-refractivity contribution in [1.82, 2.24) is 45.9 Å². The number of primary amides is 1. The fourth-order valence-electron chi connectivity index (χ4n) is 11.6. The lowest BCUT2D eigenvalue weighted by molar-refractivity contribution is -0.151. The van der Waals surface area contributed by atoms with E-state index in [1.54, 1.807) is 40.8 Å². The number of esters is 1. The van der Waals surface area contributed by atoms with E-state index in [-0.39, 0.29) is 55.8 Å². The second-order valence-corrected chi connectivity index (χ2v) is 22.9. The van der Waals surface area contributed by atoms with E-state index in [9.17, 15) is 53.1 Å². The minimum Gasteiger partial charge on any atom is -0.478 e. The molecule has 430 valence electrons. The summed E-state index contributed by atoms with van der Waals surface area (Å²) in [6.07, 6.45) is 11.1. The number of ether oxygens (including phenoxy) is 1. The molecule has 0 radical (unpaired) electrons. The molecule has 0 unspecified atom stereocenters. The van der Waals surface area contributed by atoms with Gasteiger partial charge in [-0.1, -0.05) is 64.3 Å². The normalized spacial score (nSPS) is 22.1. The molecule has 1 aromatic carbocycles. The first kappa shape index (κ1) is 59.7. The largest absolute Gasteiger partial charge is 0.478 e. The van der Waals surface area contributed by atoms with Crippen molar-refractivity contribution in [3.8, 4) is 0 Å². The summed E-state index contributed by atoms with van der Waals surface area (Å²) in [5.74, 6) is -8.70. The lowest BCUT2D eigenvalue weighted by atomic mass is 9.82. The summed E-state index contributed by atoms with van der Waals surface area (Å²) in [5, 5.41) is 21.8. The number of ketones is 1. The smallest absolute Gasteiger partial charge is 0.336 e. The summed E-state index contributed by atoms with van der Waals surface area (Å²) >= 11 is 0. The number of hydrogen-bond donors (Lipinski definition) is 7. The Morgan fingerprint density at radius 2 is 1.52 bits per heavy atom. The van der Waals surface area contributed by atoms with E-state index in [0.717, 1.165) is 59.0 Å². The number of rotatable bonds is 20. The molecule has 80 heavy (non-hydrogen) atoms. The molecule has 0 bridgehead atoms. The fraction of sp³-hybridized carbons (Fsp3) is 0.544. The molecule has 7 rings (SSSR count). The van der Waals surface area contributed by atoms with E-state index < -0.39 is 125 Å². The molecule has 3 aromatic rings. The Morgan fingerprint density at radius 1 is 0.850 bits per heavy atom. The number of pyridine rings is 1. The highest BCUT2D eigenvalue weighted by Gasteiger charge is 2.52. The van der Waals surface area contributed by atoms with Crippen LogP contribution in [-0.2, 0) is 54.3 Å². The monoisotopic (exact) mass is 1110 g/mol. The Hall–Kier alpha value is -7.98. The number of para-hydroxylation sites is 1. The summed E-state index contributed by atoms with van der Waals surface area (Å²) in [5.41, 5.74) is 2.82. The molecule has 5 heterocycles. The average molecular weight is 1110 g/mol. The van der Waals surface area contributed by atoms with E-state index in [1.165, 1.54) is 29.2 Å². The zero-order chi connectivity index (χ0) is 58.3. The Kier molecular flexibility index (Phi) is 18.6. The fourth-order valence-corrected chi connectivity index (χ4v) is 11.6. The van der Waals surface area contributed by atoms with Crippen LogP contribution < -0.4 is 27.0 Å². The number of Topliss-reactive ketones (excluding diaryl/α,β-unsaturated/α-hetero) is 1. The van der Waals surface area contributed by atoms with Gasteiger partial charge in [-0.3, -0.25) is 48.1 Å². The second kappa shape index (κ2) is 25.0. The SMILES string of the molecule is COC(=O)/C=C/CC[C@H](NC(=O)c1cnccc1C(=O)O)C(=O)N[C@H](C(=O)N1CC(=O)C[C@H]1C(=O)N[C@H](C(=O)N1CCC[C@@]1(C)C(=O)N[C@@H](Cc1c[nH]c2ccccc12)C(=O)N1CCC[C@@]1(C)C(N)=O)C1CCCCC1)C(C)(C)C. The number of carboxylic acids is 1. The van der Waals surface area contributed by atoms with Crippen LogP contribution >= 0.6 is 0 Å². The molecule has 4 fully saturated rings. The van der Waals surface area contributed by atoms with Gasteiger partial charge in [0.2, 0.25) is 41.4 Å². The van der Waals surface area contributed by atoms with Crippen molar-refractivity contribution in [3.05, 3.63) is 77.8 Å². The third-order valence-corrected chi connectivity index (χ3v) is 16.3. The molecule has 1 saturated carbocycles. The van der Waals surface area contributed by atoms with Gasteiger partial charge in [-0.05, 0) is 94.2 Å². The van der Waals surface area contributed by atoms with Crippen LogP contribution in [-0.4, -0.2) is 163 Å². The van der Waals surface area contributed by atoms with Gasteiger partial charge < -0.3 is 56.5 Å². The summed E-state index contributed by atoms with van der Waals surface area (Å²) in [4.78, 5) is 164. The van der Waals surface area contributed by atoms with Crippen molar-refractivity contribution in [2.75, 3.05) is 26.7 Å². The third-order valence-electron chi connectivity index (χ3n) is 16.3. The van der Waals surface area contributed by atoms with Gasteiger partial charge >= 0.3 is 11.9 Å².